The van der Waals surface area contributed by atoms with Crippen LogP contribution in [0.25, 0.3) is 0 Å². The van der Waals surface area contributed by atoms with Crippen molar-refractivity contribution in [2.45, 2.75) is 116 Å². The number of hydrogen-bond donors (Lipinski definition) is 2. The molecule has 6 heteroatoms. The first-order chi connectivity index (χ1) is 13.2. The van der Waals surface area contributed by atoms with Crippen LogP contribution in [0.1, 0.15) is 110 Å². The third-order valence-corrected chi connectivity index (χ3v) is 6.29. The van der Waals surface area contributed by atoms with Gasteiger partial charge in [0.05, 0.1) is 20.6 Å². The van der Waals surface area contributed by atoms with E-state index in [9.17, 15) is 4.57 Å². The molecule has 0 aliphatic carbocycles. The Morgan fingerprint density at radius 2 is 1.14 bits per heavy atom. The highest BCUT2D eigenvalue weighted by atomic mass is 31.2. The molecule has 170 valence electrons. The lowest BCUT2D eigenvalue weighted by Crippen LogP contribution is -2.45. The number of quaternary nitrogens is 1. The summed E-state index contributed by atoms with van der Waals surface area (Å²) >= 11 is 0. The van der Waals surface area contributed by atoms with Crippen LogP contribution in [0, 0.1) is 0 Å². The van der Waals surface area contributed by atoms with Gasteiger partial charge in [-0.1, -0.05) is 96.8 Å². The van der Waals surface area contributed by atoms with Crippen LogP contribution in [0.5, 0.6) is 0 Å². The van der Waals surface area contributed by atoms with Crippen molar-refractivity contribution >= 4 is 7.82 Å². The first-order valence-corrected chi connectivity index (χ1v) is 13.3. The lowest BCUT2D eigenvalue weighted by Gasteiger charge is -2.32. The van der Waals surface area contributed by atoms with Gasteiger partial charge in [-0.3, -0.25) is 4.52 Å². The molecule has 0 amide bonds. The highest BCUT2D eigenvalue weighted by Gasteiger charge is 2.27. The lowest BCUT2D eigenvalue weighted by atomic mass is 10.0. The number of unbranched alkanes of at least 4 members (excludes halogenated alkanes) is 13. The number of rotatable bonds is 20. The number of nitrogens with zero attached hydrogens (tertiary/aromatic N) is 1. The van der Waals surface area contributed by atoms with E-state index in [4.69, 9.17) is 14.3 Å². The number of phosphoric ester groups is 1. The van der Waals surface area contributed by atoms with Crippen molar-refractivity contribution in [3.63, 3.8) is 0 Å². The van der Waals surface area contributed by atoms with Crippen LogP contribution < -0.4 is 0 Å². The Morgan fingerprint density at radius 1 is 0.750 bits per heavy atom. The van der Waals surface area contributed by atoms with E-state index >= 15 is 0 Å². The van der Waals surface area contributed by atoms with Crippen molar-refractivity contribution in [2.75, 3.05) is 27.2 Å². The summed E-state index contributed by atoms with van der Waals surface area (Å²) in [6, 6.07) is 0. The molecule has 0 bridgehead atoms. The Labute approximate surface area is 175 Å². The average molecular weight is 423 g/mol. The van der Waals surface area contributed by atoms with Gasteiger partial charge < -0.3 is 14.3 Å². The molecule has 1 unspecified atom stereocenters. The van der Waals surface area contributed by atoms with Crippen molar-refractivity contribution in [1.82, 2.24) is 0 Å². The fourth-order valence-corrected chi connectivity index (χ4v) is 4.18. The zero-order valence-electron chi connectivity index (χ0n) is 19.2. The van der Waals surface area contributed by atoms with Crippen LogP contribution >= 0.6 is 7.82 Å². The van der Waals surface area contributed by atoms with Crippen LogP contribution in [-0.4, -0.2) is 47.6 Å². The van der Waals surface area contributed by atoms with E-state index in [0.29, 0.717) is 11.0 Å². The van der Waals surface area contributed by atoms with Gasteiger partial charge in [0, 0.05) is 0 Å². The molecule has 0 rings (SSSR count). The fraction of sp³-hybridized carbons (Fsp3) is 1.00. The standard InChI is InChI=1S/C22H48NO4P/c1-5-7-8-9-10-11-12-13-14-15-16-17-18-19-20-22(27-28(24,25)26)21-23(3,4)6-2/h22H,5-21H2,1-4H3,(H-,24,25,26)/p+1. The van der Waals surface area contributed by atoms with Gasteiger partial charge in [-0.05, 0) is 13.3 Å². The average Bonchev–Trinajstić information content (AvgIpc) is 2.60. The van der Waals surface area contributed by atoms with Crippen LogP contribution in [-0.2, 0) is 9.09 Å². The van der Waals surface area contributed by atoms with Crippen molar-refractivity contribution in [3.05, 3.63) is 0 Å². The van der Waals surface area contributed by atoms with Crippen LogP contribution in [0.4, 0.5) is 0 Å². The summed E-state index contributed by atoms with van der Waals surface area (Å²) in [5.74, 6) is 0. The van der Waals surface area contributed by atoms with Gasteiger partial charge in [-0.25, -0.2) is 4.57 Å². The number of hydrogen-bond acceptors (Lipinski definition) is 2. The molecule has 0 radical (unpaired) electrons. The maximum atomic E-state index is 11.2. The molecule has 5 nitrogen and oxygen atoms in total. The molecule has 0 aliphatic heterocycles. The highest BCUT2D eigenvalue weighted by Crippen LogP contribution is 2.39. The van der Waals surface area contributed by atoms with E-state index in [0.717, 1.165) is 25.8 Å². The summed E-state index contributed by atoms with van der Waals surface area (Å²) in [6.45, 7) is 5.90. The molecule has 1 atom stereocenters. The van der Waals surface area contributed by atoms with E-state index in [2.05, 4.69) is 27.9 Å². The van der Waals surface area contributed by atoms with Gasteiger partial charge in [-0.15, -0.1) is 0 Å². The Bertz CT molecular complexity index is 398. The Morgan fingerprint density at radius 3 is 1.50 bits per heavy atom. The smallest absolute Gasteiger partial charge is 0.327 e. The minimum atomic E-state index is -4.42. The molecule has 0 aromatic heterocycles. The van der Waals surface area contributed by atoms with E-state index in [1.54, 1.807) is 0 Å². The molecular formula is C22H49NO4P+. The molecule has 0 fully saturated rings. The number of phosphoric acid groups is 1. The largest absolute Gasteiger partial charge is 0.470 e. The summed E-state index contributed by atoms with van der Waals surface area (Å²) in [7, 11) is -0.275. The van der Waals surface area contributed by atoms with Crippen LogP contribution in [0.3, 0.4) is 0 Å². The maximum absolute atomic E-state index is 11.2. The van der Waals surface area contributed by atoms with E-state index in [-0.39, 0.29) is 6.10 Å². The minimum Gasteiger partial charge on any atom is -0.327 e. The highest BCUT2D eigenvalue weighted by molar-refractivity contribution is 7.46. The van der Waals surface area contributed by atoms with Crippen molar-refractivity contribution in [1.29, 1.82) is 0 Å². The zero-order chi connectivity index (χ0) is 21.3. The summed E-state index contributed by atoms with van der Waals surface area (Å²) < 4.78 is 17.0. The van der Waals surface area contributed by atoms with Crippen molar-refractivity contribution in [3.8, 4) is 0 Å². The zero-order valence-corrected chi connectivity index (χ0v) is 20.1. The van der Waals surface area contributed by atoms with Crippen LogP contribution in [0.2, 0.25) is 0 Å². The third kappa shape index (κ3) is 19.4. The maximum Gasteiger partial charge on any atom is 0.470 e. The quantitative estimate of drug-likeness (QED) is 0.135. The second-order valence-electron chi connectivity index (χ2n) is 9.04. The summed E-state index contributed by atoms with van der Waals surface area (Å²) in [5.41, 5.74) is 0. The van der Waals surface area contributed by atoms with E-state index in [1.807, 2.05) is 0 Å². The molecular weight excluding hydrogens is 373 g/mol. The van der Waals surface area contributed by atoms with Gasteiger partial charge in [0.2, 0.25) is 0 Å². The molecule has 0 aliphatic rings. The van der Waals surface area contributed by atoms with Crippen molar-refractivity contribution in [2.24, 2.45) is 0 Å². The SMILES string of the molecule is CCCCCCCCCCCCCCCCC(C[N+](C)(C)CC)OP(=O)(O)O. The van der Waals surface area contributed by atoms with E-state index in [1.165, 1.54) is 77.0 Å². The molecule has 0 aromatic carbocycles. The molecule has 0 saturated heterocycles. The second-order valence-corrected chi connectivity index (χ2v) is 10.2. The van der Waals surface area contributed by atoms with Crippen LogP contribution in [0.15, 0.2) is 0 Å². The third-order valence-electron chi connectivity index (χ3n) is 5.72. The first-order valence-electron chi connectivity index (χ1n) is 11.8. The Kier molecular flexibility index (Phi) is 16.9. The Hall–Kier alpha value is 0.0700. The second kappa shape index (κ2) is 16.8. The molecule has 0 aromatic rings. The van der Waals surface area contributed by atoms with E-state index < -0.39 is 7.82 Å². The van der Waals surface area contributed by atoms with Gasteiger partial charge in [0.25, 0.3) is 0 Å². The summed E-state index contributed by atoms with van der Waals surface area (Å²) in [4.78, 5) is 18.3. The molecule has 0 saturated carbocycles. The molecule has 0 spiro atoms. The van der Waals surface area contributed by atoms with Gasteiger partial charge >= 0.3 is 7.82 Å². The van der Waals surface area contributed by atoms with Gasteiger partial charge in [0.1, 0.15) is 12.6 Å². The molecule has 0 heterocycles. The fourth-order valence-electron chi connectivity index (χ4n) is 3.62. The predicted octanol–water partition coefficient (Wildman–Crippen LogP) is 6.43. The predicted molar refractivity (Wildman–Crippen MR) is 119 cm³/mol. The Balaban J connectivity index is 3.67. The monoisotopic (exact) mass is 422 g/mol. The number of likely N-dealkylation sites (N-methyl/N-ethyl adjacent to an activating group) is 1. The van der Waals surface area contributed by atoms with Crippen molar-refractivity contribution < 1.29 is 23.4 Å². The normalized spacial score (nSPS) is 13.8. The molecule has 28 heavy (non-hydrogen) atoms. The topological polar surface area (TPSA) is 66.8 Å². The first kappa shape index (κ1) is 28.1. The van der Waals surface area contributed by atoms with Gasteiger partial charge in [-0.2, -0.15) is 0 Å². The minimum absolute atomic E-state index is 0.367. The summed E-state index contributed by atoms with van der Waals surface area (Å²) in [6.07, 6.45) is 18.7. The summed E-state index contributed by atoms with van der Waals surface area (Å²) in [5, 5.41) is 0. The van der Waals surface area contributed by atoms with Gasteiger partial charge in [0.15, 0.2) is 0 Å². The lowest BCUT2D eigenvalue weighted by molar-refractivity contribution is -0.891. The molecule has 2 N–H and O–H groups in total.